The first-order valence-corrected chi connectivity index (χ1v) is 14.4. The molecule has 0 aliphatic carbocycles. The number of nitro groups is 1. The van der Waals surface area contributed by atoms with Gasteiger partial charge in [-0.05, 0) is 47.5 Å². The van der Waals surface area contributed by atoms with Gasteiger partial charge in [0.1, 0.15) is 5.82 Å². The maximum atomic E-state index is 13.6. The molecule has 2 N–H and O–H groups in total. The lowest BCUT2D eigenvalue weighted by atomic mass is 10.1. The molecule has 1 unspecified atom stereocenters. The molecule has 230 valence electrons. The van der Waals surface area contributed by atoms with Crippen LogP contribution >= 0.6 is 11.8 Å². The summed E-state index contributed by atoms with van der Waals surface area (Å²) in [5.41, 5.74) is 0.460. The third-order valence-electron chi connectivity index (χ3n) is 6.64. The van der Waals surface area contributed by atoms with Gasteiger partial charge in [-0.15, -0.1) is 10.2 Å². The van der Waals surface area contributed by atoms with Gasteiger partial charge in [-0.2, -0.15) is 13.2 Å². The van der Waals surface area contributed by atoms with E-state index in [-0.39, 0.29) is 23.7 Å². The van der Waals surface area contributed by atoms with Crippen LogP contribution in [0.15, 0.2) is 108 Å². The lowest BCUT2D eigenvalue weighted by Crippen LogP contribution is -2.35. The van der Waals surface area contributed by atoms with E-state index in [2.05, 4.69) is 20.8 Å². The number of benzene rings is 4. The topological polar surface area (TPSA) is 115 Å². The molecule has 4 aromatic carbocycles. The predicted octanol–water partition coefficient (Wildman–Crippen LogP) is 7.73. The first-order valence-electron chi connectivity index (χ1n) is 13.4. The number of carbonyl (C=O) groups excluding carboxylic acids is 1. The molecule has 45 heavy (non-hydrogen) atoms. The van der Waals surface area contributed by atoms with Crippen LogP contribution in [-0.4, -0.2) is 25.7 Å². The largest absolute Gasteiger partial charge is 0.418 e. The summed E-state index contributed by atoms with van der Waals surface area (Å²) in [5.74, 6) is 0.219. The minimum Gasteiger partial charge on any atom is -0.327 e. The van der Waals surface area contributed by atoms with E-state index in [1.807, 2.05) is 18.2 Å². The molecule has 5 aromatic rings. The van der Waals surface area contributed by atoms with Gasteiger partial charge >= 0.3 is 12.2 Å². The van der Waals surface area contributed by atoms with E-state index in [0.717, 1.165) is 23.3 Å². The molecule has 2 amide bonds. The number of amides is 2. The Labute approximate surface area is 258 Å². The van der Waals surface area contributed by atoms with Crippen LogP contribution in [0.2, 0.25) is 0 Å². The fourth-order valence-corrected chi connectivity index (χ4v) is 5.42. The number of rotatable bonds is 10. The second-order valence-electron chi connectivity index (χ2n) is 9.75. The van der Waals surface area contributed by atoms with E-state index >= 15 is 0 Å². The van der Waals surface area contributed by atoms with Crippen molar-refractivity contribution in [1.29, 1.82) is 0 Å². The van der Waals surface area contributed by atoms with Gasteiger partial charge in [0.25, 0.3) is 5.69 Å². The first-order chi connectivity index (χ1) is 21.6. The molecule has 0 aliphatic rings. The highest BCUT2D eigenvalue weighted by Gasteiger charge is 2.34. The molecule has 1 aromatic heterocycles. The Bertz CT molecular complexity index is 1780. The maximum absolute atomic E-state index is 13.6. The molecule has 0 radical (unpaired) electrons. The number of anilines is 1. The van der Waals surface area contributed by atoms with Gasteiger partial charge in [-0.3, -0.25) is 14.7 Å². The average Bonchev–Trinajstić information content (AvgIpc) is 3.44. The molecule has 0 saturated carbocycles. The van der Waals surface area contributed by atoms with E-state index in [0.29, 0.717) is 16.6 Å². The van der Waals surface area contributed by atoms with Crippen molar-refractivity contribution in [2.24, 2.45) is 0 Å². The van der Waals surface area contributed by atoms with E-state index < -0.39 is 34.4 Å². The maximum Gasteiger partial charge on any atom is 0.418 e. The van der Waals surface area contributed by atoms with Crippen molar-refractivity contribution in [3.8, 4) is 5.69 Å². The smallest absolute Gasteiger partial charge is 0.327 e. The van der Waals surface area contributed by atoms with E-state index in [1.54, 1.807) is 28.8 Å². The number of urea groups is 1. The van der Waals surface area contributed by atoms with Crippen molar-refractivity contribution in [3.63, 3.8) is 0 Å². The summed E-state index contributed by atoms with van der Waals surface area (Å²) in [6.45, 7) is 0. The van der Waals surface area contributed by atoms with Crippen molar-refractivity contribution in [3.05, 3.63) is 142 Å². The second kappa shape index (κ2) is 13.6. The molecular formula is C31H24F4N6O3S. The standard InChI is InChI=1S/C31H24F4N6O3S/c32-22-12-10-21(11-13-22)19-45-30-39-38-28(40(30)23-14-16-24(17-15-23)41(43)44)27(18-20-6-2-1-3-7-20)37-29(42)36-26-9-5-4-8-25(26)31(33,34)35/h1-17,27H,18-19H2,(H2,36,37,42). The van der Waals surface area contributed by atoms with Crippen LogP contribution in [0.5, 0.6) is 0 Å². The van der Waals surface area contributed by atoms with Gasteiger partial charge in [0.05, 0.1) is 22.2 Å². The number of nitro benzene ring substituents is 1. The normalized spacial score (nSPS) is 12.0. The van der Waals surface area contributed by atoms with Crippen molar-refractivity contribution in [1.82, 2.24) is 20.1 Å². The highest BCUT2D eigenvalue weighted by atomic mass is 32.2. The Hall–Kier alpha value is -5.24. The molecule has 5 rings (SSSR count). The third-order valence-corrected chi connectivity index (χ3v) is 7.64. The molecule has 0 spiro atoms. The summed E-state index contributed by atoms with van der Waals surface area (Å²) < 4.78 is 55.8. The molecule has 0 saturated heterocycles. The SMILES string of the molecule is O=C(Nc1ccccc1C(F)(F)F)NC(Cc1ccccc1)c1nnc(SCc2ccc(F)cc2)n1-c1ccc([N+](=O)[O-])cc1. The van der Waals surface area contributed by atoms with E-state index in [9.17, 15) is 32.5 Å². The number of carbonyl (C=O) groups is 1. The van der Waals surface area contributed by atoms with Gasteiger partial charge in [-0.1, -0.05) is 66.4 Å². The number of nitrogens with one attached hydrogen (secondary N) is 2. The second-order valence-corrected chi connectivity index (χ2v) is 10.7. The summed E-state index contributed by atoms with van der Waals surface area (Å²) in [4.78, 5) is 24.0. The summed E-state index contributed by atoms with van der Waals surface area (Å²) in [6, 6.07) is 23.4. The minimum absolute atomic E-state index is 0.143. The van der Waals surface area contributed by atoms with Crippen molar-refractivity contribution in [2.45, 2.75) is 29.5 Å². The molecule has 0 bridgehead atoms. The molecule has 14 heteroatoms. The number of hydrogen-bond acceptors (Lipinski definition) is 6. The fourth-order valence-electron chi connectivity index (χ4n) is 4.51. The van der Waals surface area contributed by atoms with Crippen LogP contribution in [-0.2, 0) is 18.3 Å². The molecule has 0 fully saturated rings. The number of thioether (sulfide) groups is 1. The van der Waals surface area contributed by atoms with Crippen LogP contribution in [0.1, 0.15) is 28.6 Å². The molecule has 1 heterocycles. The van der Waals surface area contributed by atoms with Gasteiger partial charge in [-0.25, -0.2) is 9.18 Å². The van der Waals surface area contributed by atoms with Crippen molar-refractivity contribution in [2.75, 3.05) is 5.32 Å². The van der Waals surface area contributed by atoms with Crippen molar-refractivity contribution < 1.29 is 27.3 Å². The molecular weight excluding hydrogens is 612 g/mol. The van der Waals surface area contributed by atoms with Gasteiger partial charge in [0, 0.05) is 30.0 Å². The first kappa shape index (κ1) is 31.2. The van der Waals surface area contributed by atoms with E-state index in [4.69, 9.17) is 0 Å². The number of para-hydroxylation sites is 1. The van der Waals surface area contributed by atoms with Crippen LogP contribution in [0, 0.1) is 15.9 Å². The Balaban J connectivity index is 1.52. The Morgan fingerprint density at radius 3 is 2.22 bits per heavy atom. The quantitative estimate of drug-likeness (QED) is 0.0702. The summed E-state index contributed by atoms with van der Waals surface area (Å²) in [5, 5.41) is 25.4. The summed E-state index contributed by atoms with van der Waals surface area (Å²) >= 11 is 1.26. The number of non-ortho nitro benzene ring substituents is 1. The molecule has 1 atom stereocenters. The highest BCUT2D eigenvalue weighted by Crippen LogP contribution is 2.35. The van der Waals surface area contributed by atoms with Gasteiger partial charge < -0.3 is 10.6 Å². The van der Waals surface area contributed by atoms with Crippen LogP contribution in [0.3, 0.4) is 0 Å². The lowest BCUT2D eigenvalue weighted by Gasteiger charge is -2.21. The Kier molecular flexibility index (Phi) is 9.42. The zero-order valence-electron chi connectivity index (χ0n) is 23.2. The van der Waals surface area contributed by atoms with Crippen LogP contribution < -0.4 is 10.6 Å². The summed E-state index contributed by atoms with van der Waals surface area (Å²) in [7, 11) is 0. The third kappa shape index (κ3) is 7.84. The number of hydrogen-bond donors (Lipinski definition) is 2. The Morgan fingerprint density at radius 2 is 1.56 bits per heavy atom. The van der Waals surface area contributed by atoms with Gasteiger partial charge in [0.2, 0.25) is 0 Å². The lowest BCUT2D eigenvalue weighted by molar-refractivity contribution is -0.384. The average molecular weight is 637 g/mol. The number of nitrogens with zero attached hydrogens (tertiary/aromatic N) is 4. The predicted molar refractivity (Wildman–Crippen MR) is 160 cm³/mol. The zero-order chi connectivity index (χ0) is 32.0. The minimum atomic E-state index is -4.69. The Morgan fingerprint density at radius 1 is 0.889 bits per heavy atom. The van der Waals surface area contributed by atoms with Gasteiger partial charge in [0.15, 0.2) is 11.0 Å². The zero-order valence-corrected chi connectivity index (χ0v) is 24.1. The monoisotopic (exact) mass is 636 g/mol. The number of alkyl halides is 3. The number of aromatic nitrogens is 3. The van der Waals surface area contributed by atoms with Crippen LogP contribution in [0.4, 0.5) is 33.7 Å². The molecule has 0 aliphatic heterocycles. The molecule has 9 nitrogen and oxygen atoms in total. The van der Waals surface area contributed by atoms with E-state index in [1.165, 1.54) is 60.3 Å². The van der Waals surface area contributed by atoms with Crippen molar-refractivity contribution >= 4 is 29.2 Å². The summed E-state index contributed by atoms with van der Waals surface area (Å²) in [6.07, 6.45) is -4.51. The number of halogens is 4. The highest BCUT2D eigenvalue weighted by molar-refractivity contribution is 7.98. The fraction of sp³-hybridized carbons (Fsp3) is 0.129. The van der Waals surface area contributed by atoms with Crippen LogP contribution in [0.25, 0.3) is 5.69 Å².